The molecule has 0 N–H and O–H groups in total. The second kappa shape index (κ2) is 2.18. The van der Waals surface area contributed by atoms with Crippen molar-refractivity contribution in [3.05, 3.63) is 0 Å². The van der Waals surface area contributed by atoms with Crippen LogP contribution in [0.2, 0.25) is 6.32 Å². The highest BCUT2D eigenvalue weighted by Gasteiger charge is 2.04. The van der Waals surface area contributed by atoms with E-state index in [0.29, 0.717) is 0 Å². The first kappa shape index (κ1) is 4.92. The molecule has 0 heterocycles. The van der Waals surface area contributed by atoms with Crippen LogP contribution in [0.15, 0.2) is 0 Å². The molecular formula is C2H5BF2. The smallest absolute Gasteiger partial charge is 0.287 e. The van der Waals surface area contributed by atoms with Crippen molar-refractivity contribution in [1.29, 1.82) is 0 Å². The monoisotopic (exact) mass is 78.0 g/mol. The average molecular weight is 77.9 g/mol. The first-order valence-corrected chi connectivity index (χ1v) is 1.55. The summed E-state index contributed by atoms with van der Waals surface area (Å²) >= 11 is 0. The van der Waals surface area contributed by atoms with Crippen LogP contribution < -0.4 is 0 Å². The maximum Gasteiger partial charge on any atom is 0.537 e. The highest BCUT2D eigenvalue weighted by Crippen LogP contribution is 1.89. The third-order valence-corrected chi connectivity index (χ3v) is 0.309. The molecule has 5 heavy (non-hydrogen) atoms. The van der Waals surface area contributed by atoms with Crippen molar-refractivity contribution in [3.63, 3.8) is 0 Å². The normalized spacial score (nSPS) is 7.80. The predicted octanol–water partition coefficient (Wildman–Crippen LogP) is 1.43. The van der Waals surface area contributed by atoms with Crippen molar-refractivity contribution in [2.45, 2.75) is 13.2 Å². The van der Waals surface area contributed by atoms with Crippen LogP contribution >= 0.6 is 0 Å². The molecule has 0 aliphatic carbocycles. The fourth-order valence-corrected chi connectivity index (χ4v) is 0. The second-order valence-electron chi connectivity index (χ2n) is 0.799. The van der Waals surface area contributed by atoms with Gasteiger partial charge in [-0.2, -0.15) is 0 Å². The van der Waals surface area contributed by atoms with Gasteiger partial charge < -0.3 is 0 Å². The Morgan fingerprint density at radius 1 is 1.60 bits per heavy atom. The molecule has 30 valence electrons. The highest BCUT2D eigenvalue weighted by atomic mass is 19.2. The van der Waals surface area contributed by atoms with E-state index in [2.05, 4.69) is 0 Å². The van der Waals surface area contributed by atoms with E-state index >= 15 is 0 Å². The Morgan fingerprint density at radius 2 is 1.80 bits per heavy atom. The molecule has 0 nitrogen and oxygen atoms in total. The number of hydrogen-bond acceptors (Lipinski definition) is 0. The summed E-state index contributed by atoms with van der Waals surface area (Å²) in [5.74, 6) is 0. The summed E-state index contributed by atoms with van der Waals surface area (Å²) in [7, 11) is -2.12. The van der Waals surface area contributed by atoms with E-state index in [0.717, 1.165) is 0 Å². The molecule has 0 saturated heterocycles. The first-order valence-electron chi connectivity index (χ1n) is 1.55. The number of hydrogen-bond donors (Lipinski definition) is 0. The lowest BCUT2D eigenvalue weighted by Gasteiger charge is -1.73. The Hall–Kier alpha value is -0.0751. The van der Waals surface area contributed by atoms with Crippen LogP contribution in [0, 0.1) is 0 Å². The summed E-state index contributed by atoms with van der Waals surface area (Å²) in [5, 5.41) is 0. The van der Waals surface area contributed by atoms with Crippen molar-refractivity contribution in [3.8, 4) is 0 Å². The molecule has 0 unspecified atom stereocenters. The SMILES string of the molecule is CCB(F)F. The Bertz CT molecular complexity index is 21.6. The first-order chi connectivity index (χ1) is 2.27. The Labute approximate surface area is 30.4 Å². The fourth-order valence-electron chi connectivity index (χ4n) is 0. The van der Waals surface area contributed by atoms with Crippen LogP contribution in [0.1, 0.15) is 6.92 Å². The zero-order valence-electron chi connectivity index (χ0n) is 3.04. The molecular weight excluding hydrogens is 72.8 g/mol. The van der Waals surface area contributed by atoms with Gasteiger partial charge in [-0.25, -0.2) is 0 Å². The summed E-state index contributed by atoms with van der Waals surface area (Å²) < 4.78 is 21.5. The van der Waals surface area contributed by atoms with Gasteiger partial charge in [0.15, 0.2) is 0 Å². The standard InChI is InChI=1S/C2H5BF2/c1-2-3(4)5/h2H2,1H3. The van der Waals surface area contributed by atoms with Crippen LogP contribution in [0.3, 0.4) is 0 Å². The molecule has 0 aliphatic heterocycles. The summed E-state index contributed by atoms with van der Waals surface area (Å²) in [6, 6.07) is 0. The zero-order chi connectivity index (χ0) is 4.28. The Kier molecular flexibility index (Phi) is 2.15. The molecule has 0 aromatic heterocycles. The van der Waals surface area contributed by atoms with Gasteiger partial charge in [0.05, 0.1) is 0 Å². The number of halogens is 2. The topological polar surface area (TPSA) is 0 Å². The molecule has 0 saturated carbocycles. The van der Waals surface area contributed by atoms with Crippen LogP contribution in [-0.2, 0) is 0 Å². The fraction of sp³-hybridized carbons (Fsp3) is 1.00. The third kappa shape index (κ3) is 3.92. The van der Waals surface area contributed by atoms with Gasteiger partial charge >= 0.3 is 7.27 Å². The van der Waals surface area contributed by atoms with E-state index in [9.17, 15) is 8.63 Å². The molecule has 0 aliphatic rings. The summed E-state index contributed by atoms with van der Waals surface area (Å²) in [4.78, 5) is 0. The molecule has 0 radical (unpaired) electrons. The highest BCUT2D eigenvalue weighted by molar-refractivity contribution is 6.42. The van der Waals surface area contributed by atoms with Gasteiger partial charge in [-0.05, 0) is 6.32 Å². The van der Waals surface area contributed by atoms with Gasteiger partial charge in [-0.3, -0.25) is 8.63 Å². The van der Waals surface area contributed by atoms with Crippen molar-refractivity contribution in [2.75, 3.05) is 0 Å². The van der Waals surface area contributed by atoms with E-state index in [1.165, 1.54) is 6.92 Å². The maximum absolute atomic E-state index is 10.8. The minimum absolute atomic E-state index is 0.0278. The van der Waals surface area contributed by atoms with E-state index in [1.54, 1.807) is 0 Å². The van der Waals surface area contributed by atoms with E-state index in [4.69, 9.17) is 0 Å². The van der Waals surface area contributed by atoms with Crippen molar-refractivity contribution in [1.82, 2.24) is 0 Å². The number of rotatable bonds is 1. The molecule has 0 rings (SSSR count). The quantitative estimate of drug-likeness (QED) is 0.416. The van der Waals surface area contributed by atoms with Crippen LogP contribution in [0.4, 0.5) is 8.63 Å². The molecule has 0 aromatic rings. The van der Waals surface area contributed by atoms with Gasteiger partial charge in [0.2, 0.25) is 0 Å². The molecule has 0 spiro atoms. The van der Waals surface area contributed by atoms with Gasteiger partial charge in [-0.15, -0.1) is 0 Å². The van der Waals surface area contributed by atoms with Crippen molar-refractivity contribution >= 4 is 7.27 Å². The molecule has 0 atom stereocenters. The second-order valence-corrected chi connectivity index (χ2v) is 0.799. The minimum atomic E-state index is -2.12. The van der Waals surface area contributed by atoms with Crippen LogP contribution in [-0.4, -0.2) is 7.27 Å². The maximum atomic E-state index is 10.8. The van der Waals surface area contributed by atoms with Crippen molar-refractivity contribution in [2.24, 2.45) is 0 Å². The van der Waals surface area contributed by atoms with E-state index in [-0.39, 0.29) is 6.32 Å². The lowest BCUT2D eigenvalue weighted by atomic mass is 9.95. The molecule has 0 amide bonds. The average Bonchev–Trinajstić information content (AvgIpc) is 1.38. The van der Waals surface area contributed by atoms with Crippen LogP contribution in [0.25, 0.3) is 0 Å². The molecule has 0 bridgehead atoms. The minimum Gasteiger partial charge on any atom is -0.287 e. The summed E-state index contributed by atoms with van der Waals surface area (Å²) in [5.41, 5.74) is 0. The van der Waals surface area contributed by atoms with E-state index in [1.807, 2.05) is 0 Å². The Balaban J connectivity index is 2.54. The molecule has 0 fully saturated rings. The summed E-state index contributed by atoms with van der Waals surface area (Å²) in [6.45, 7) is 1.45. The van der Waals surface area contributed by atoms with Gasteiger partial charge in [0.1, 0.15) is 0 Å². The summed E-state index contributed by atoms with van der Waals surface area (Å²) in [6.07, 6.45) is -0.0278. The van der Waals surface area contributed by atoms with E-state index < -0.39 is 7.27 Å². The predicted molar refractivity (Wildman–Crippen MR) is 18.5 cm³/mol. The zero-order valence-corrected chi connectivity index (χ0v) is 3.04. The molecule has 0 aromatic carbocycles. The van der Waals surface area contributed by atoms with Crippen molar-refractivity contribution < 1.29 is 8.63 Å². The molecule has 3 heteroatoms. The van der Waals surface area contributed by atoms with Gasteiger partial charge in [-0.1, -0.05) is 6.92 Å². The van der Waals surface area contributed by atoms with Gasteiger partial charge in [0, 0.05) is 0 Å². The van der Waals surface area contributed by atoms with Gasteiger partial charge in [0.25, 0.3) is 0 Å². The largest absolute Gasteiger partial charge is 0.537 e. The third-order valence-electron chi connectivity index (χ3n) is 0.309. The lowest BCUT2D eigenvalue weighted by Crippen LogP contribution is -1.88. The van der Waals surface area contributed by atoms with Crippen LogP contribution in [0.5, 0.6) is 0 Å². The lowest BCUT2D eigenvalue weighted by molar-refractivity contribution is 0.658. The Morgan fingerprint density at radius 3 is 1.80 bits per heavy atom.